The van der Waals surface area contributed by atoms with Crippen molar-refractivity contribution in [3.63, 3.8) is 0 Å². The first kappa shape index (κ1) is 16.8. The molecule has 3 aliphatic rings. The third-order valence-electron chi connectivity index (χ3n) is 5.84. The number of fused-ring (bicyclic) bond motifs is 3. The molecule has 0 spiro atoms. The number of nitrogens with zero attached hydrogens (tertiary/aromatic N) is 3. The van der Waals surface area contributed by atoms with E-state index in [2.05, 4.69) is 15.4 Å². The van der Waals surface area contributed by atoms with Crippen molar-refractivity contribution in [2.45, 2.75) is 32.2 Å². The first-order valence-corrected chi connectivity index (χ1v) is 9.07. The molecule has 3 saturated carbocycles. The predicted octanol–water partition coefficient (Wildman–Crippen LogP) is 2.40. The Kier molecular flexibility index (Phi) is 4.44. The van der Waals surface area contributed by atoms with Crippen molar-refractivity contribution < 1.29 is 14.7 Å². The van der Waals surface area contributed by atoms with Crippen LogP contribution in [0.15, 0.2) is 36.9 Å². The maximum absolute atomic E-state index is 12.8. The van der Waals surface area contributed by atoms with Gasteiger partial charge in [-0.05, 0) is 55.2 Å². The number of rotatable bonds is 5. The molecule has 26 heavy (non-hydrogen) atoms. The van der Waals surface area contributed by atoms with Crippen LogP contribution in [0.4, 0.5) is 5.69 Å². The van der Waals surface area contributed by atoms with Gasteiger partial charge in [-0.15, -0.1) is 0 Å². The number of carboxylic acid groups (broad SMARTS) is 1. The van der Waals surface area contributed by atoms with Gasteiger partial charge in [0.25, 0.3) is 0 Å². The Morgan fingerprint density at radius 1 is 1.08 bits per heavy atom. The summed E-state index contributed by atoms with van der Waals surface area (Å²) in [7, 11) is 0. The van der Waals surface area contributed by atoms with Crippen molar-refractivity contribution in [2.75, 3.05) is 5.32 Å². The second kappa shape index (κ2) is 6.90. The van der Waals surface area contributed by atoms with Gasteiger partial charge in [-0.2, -0.15) is 5.10 Å². The minimum atomic E-state index is -0.831. The van der Waals surface area contributed by atoms with E-state index in [1.807, 2.05) is 24.3 Å². The van der Waals surface area contributed by atoms with Gasteiger partial charge in [0.15, 0.2) is 0 Å². The zero-order valence-electron chi connectivity index (χ0n) is 14.4. The van der Waals surface area contributed by atoms with Crippen molar-refractivity contribution in [2.24, 2.45) is 23.7 Å². The fourth-order valence-corrected chi connectivity index (χ4v) is 4.60. The summed E-state index contributed by atoms with van der Waals surface area (Å²) in [6, 6.07) is 7.56. The SMILES string of the molecule is O=C(O)[C@@H]1C2CCC(CC2)[C@H]1C(=O)Nc1ccc(Cn2cncn2)cc1. The lowest BCUT2D eigenvalue weighted by Crippen LogP contribution is -2.49. The monoisotopic (exact) mass is 354 g/mol. The maximum atomic E-state index is 12.8. The summed E-state index contributed by atoms with van der Waals surface area (Å²) in [5, 5.41) is 16.6. The van der Waals surface area contributed by atoms with Gasteiger partial charge in [0.1, 0.15) is 12.7 Å². The van der Waals surface area contributed by atoms with E-state index < -0.39 is 17.8 Å². The minimum absolute atomic E-state index is 0.137. The standard InChI is InChI=1S/C19H22N4O3/c24-18(16-13-3-5-14(6-4-13)17(16)19(25)26)22-15-7-1-12(2-8-15)9-23-11-20-10-21-23/h1-2,7-8,10-11,13-14,16-17H,3-6,9H2,(H,22,24)(H,25,26)/t13?,14?,16-,17-/m1/s1. The molecule has 5 rings (SSSR count). The molecule has 7 heteroatoms. The zero-order chi connectivity index (χ0) is 18.1. The van der Waals surface area contributed by atoms with Crippen molar-refractivity contribution >= 4 is 17.6 Å². The Balaban J connectivity index is 1.44. The van der Waals surface area contributed by atoms with Gasteiger partial charge in [0.2, 0.25) is 5.91 Å². The second-order valence-corrected chi connectivity index (χ2v) is 7.34. The quantitative estimate of drug-likeness (QED) is 0.859. The van der Waals surface area contributed by atoms with Crippen molar-refractivity contribution in [1.82, 2.24) is 14.8 Å². The van der Waals surface area contributed by atoms with Gasteiger partial charge in [-0.1, -0.05) is 12.1 Å². The largest absolute Gasteiger partial charge is 0.481 e. The summed E-state index contributed by atoms with van der Waals surface area (Å²) in [5.41, 5.74) is 1.75. The molecule has 7 nitrogen and oxygen atoms in total. The first-order chi connectivity index (χ1) is 12.6. The first-order valence-electron chi connectivity index (χ1n) is 9.07. The molecular formula is C19H22N4O3. The van der Waals surface area contributed by atoms with E-state index in [-0.39, 0.29) is 17.7 Å². The third-order valence-corrected chi connectivity index (χ3v) is 5.84. The summed E-state index contributed by atoms with van der Waals surface area (Å²) in [6.07, 6.45) is 6.93. The molecule has 0 unspecified atom stereocenters. The third kappa shape index (κ3) is 3.21. The number of carbonyl (C=O) groups is 2. The highest BCUT2D eigenvalue weighted by Gasteiger charge is 2.50. The molecule has 2 atom stereocenters. The highest BCUT2D eigenvalue weighted by molar-refractivity contribution is 5.95. The Morgan fingerprint density at radius 3 is 2.31 bits per heavy atom. The smallest absolute Gasteiger partial charge is 0.307 e. The molecule has 2 aromatic rings. The average Bonchev–Trinajstić information content (AvgIpc) is 3.16. The Hall–Kier alpha value is -2.70. The number of amides is 1. The van der Waals surface area contributed by atoms with E-state index in [9.17, 15) is 14.7 Å². The van der Waals surface area contributed by atoms with Crippen LogP contribution in [0.25, 0.3) is 0 Å². The van der Waals surface area contributed by atoms with Gasteiger partial charge in [0.05, 0.1) is 18.4 Å². The summed E-state index contributed by atoms with van der Waals surface area (Å²) in [6.45, 7) is 0.613. The average molecular weight is 354 g/mol. The summed E-state index contributed by atoms with van der Waals surface area (Å²) < 4.78 is 1.73. The molecule has 1 heterocycles. The maximum Gasteiger partial charge on any atom is 0.307 e. The lowest BCUT2D eigenvalue weighted by atomic mass is 9.58. The number of hydrogen-bond donors (Lipinski definition) is 2. The minimum Gasteiger partial charge on any atom is -0.481 e. The summed E-state index contributed by atoms with van der Waals surface area (Å²) in [5.74, 6) is -1.63. The van der Waals surface area contributed by atoms with Crippen LogP contribution >= 0.6 is 0 Å². The van der Waals surface area contributed by atoms with Crippen LogP contribution < -0.4 is 5.32 Å². The molecule has 0 radical (unpaired) electrons. The van der Waals surface area contributed by atoms with Gasteiger partial charge < -0.3 is 10.4 Å². The fraction of sp³-hybridized carbons (Fsp3) is 0.474. The summed E-state index contributed by atoms with van der Waals surface area (Å²) >= 11 is 0. The molecule has 2 bridgehead atoms. The molecule has 0 aliphatic heterocycles. The normalized spacial score (nSPS) is 27.2. The zero-order valence-corrected chi connectivity index (χ0v) is 14.4. The lowest BCUT2D eigenvalue weighted by molar-refractivity contribution is -0.156. The lowest BCUT2D eigenvalue weighted by Gasteiger charge is -2.45. The Bertz CT molecular complexity index is 780. The predicted molar refractivity (Wildman–Crippen MR) is 94.3 cm³/mol. The van der Waals surface area contributed by atoms with Crippen LogP contribution in [0.2, 0.25) is 0 Å². The van der Waals surface area contributed by atoms with Crippen LogP contribution in [-0.4, -0.2) is 31.7 Å². The highest BCUT2D eigenvalue weighted by atomic mass is 16.4. The summed E-state index contributed by atoms with van der Waals surface area (Å²) in [4.78, 5) is 28.4. The molecule has 3 fully saturated rings. The molecular weight excluding hydrogens is 332 g/mol. The molecule has 2 N–H and O–H groups in total. The Labute approximate surface area is 151 Å². The van der Waals surface area contributed by atoms with Crippen LogP contribution in [0.3, 0.4) is 0 Å². The van der Waals surface area contributed by atoms with Gasteiger partial charge in [0, 0.05) is 5.69 Å². The van der Waals surface area contributed by atoms with Crippen molar-refractivity contribution in [3.8, 4) is 0 Å². The van der Waals surface area contributed by atoms with Gasteiger partial charge in [-0.25, -0.2) is 9.67 Å². The van der Waals surface area contributed by atoms with Crippen LogP contribution in [0.1, 0.15) is 31.2 Å². The van der Waals surface area contributed by atoms with E-state index in [1.54, 1.807) is 11.0 Å². The fourth-order valence-electron chi connectivity index (χ4n) is 4.60. The number of anilines is 1. The van der Waals surface area contributed by atoms with E-state index >= 15 is 0 Å². The number of aromatic nitrogens is 3. The molecule has 3 aliphatic carbocycles. The molecule has 136 valence electrons. The van der Waals surface area contributed by atoms with Gasteiger partial charge in [-0.3, -0.25) is 9.59 Å². The van der Waals surface area contributed by atoms with E-state index in [0.717, 1.165) is 31.2 Å². The second-order valence-electron chi connectivity index (χ2n) is 7.34. The number of aliphatic carboxylic acids is 1. The van der Waals surface area contributed by atoms with Crippen LogP contribution in [0, 0.1) is 23.7 Å². The number of nitrogens with one attached hydrogen (secondary N) is 1. The molecule has 0 saturated heterocycles. The Morgan fingerprint density at radius 2 is 1.73 bits per heavy atom. The van der Waals surface area contributed by atoms with Crippen LogP contribution in [-0.2, 0) is 16.1 Å². The van der Waals surface area contributed by atoms with Crippen molar-refractivity contribution in [3.05, 3.63) is 42.5 Å². The molecule has 1 aromatic carbocycles. The molecule has 1 amide bonds. The number of benzene rings is 1. The van der Waals surface area contributed by atoms with E-state index in [4.69, 9.17) is 0 Å². The van der Waals surface area contributed by atoms with E-state index in [0.29, 0.717) is 12.2 Å². The van der Waals surface area contributed by atoms with Gasteiger partial charge >= 0.3 is 5.97 Å². The topological polar surface area (TPSA) is 97.1 Å². The van der Waals surface area contributed by atoms with E-state index in [1.165, 1.54) is 6.33 Å². The molecule has 1 aromatic heterocycles. The number of carboxylic acids is 1. The van der Waals surface area contributed by atoms with Crippen molar-refractivity contribution in [1.29, 1.82) is 0 Å². The van der Waals surface area contributed by atoms with Crippen LogP contribution in [0.5, 0.6) is 0 Å². The number of hydrogen-bond acceptors (Lipinski definition) is 4. The number of carbonyl (C=O) groups excluding carboxylic acids is 1. The highest BCUT2D eigenvalue weighted by Crippen LogP contribution is 2.49.